The van der Waals surface area contributed by atoms with Crippen LogP contribution in [0.5, 0.6) is 0 Å². The second-order valence-corrected chi connectivity index (χ2v) is 8.38. The zero-order valence-electron chi connectivity index (χ0n) is 17.0. The number of pyridine rings is 1. The Bertz CT molecular complexity index is 1060. The van der Waals surface area contributed by atoms with Gasteiger partial charge in [0, 0.05) is 30.4 Å². The number of fused-ring (bicyclic) bond motifs is 3. The van der Waals surface area contributed by atoms with Crippen LogP contribution in [-0.2, 0) is 4.74 Å². The van der Waals surface area contributed by atoms with Crippen molar-refractivity contribution in [1.29, 1.82) is 0 Å². The molecule has 0 saturated carbocycles. The van der Waals surface area contributed by atoms with Crippen molar-refractivity contribution in [2.75, 3.05) is 13.2 Å². The van der Waals surface area contributed by atoms with Crippen molar-refractivity contribution in [3.05, 3.63) is 87.7 Å². The Hall–Kier alpha value is -2.64. The number of aromatic nitrogens is 1. The van der Waals surface area contributed by atoms with Crippen molar-refractivity contribution in [3.63, 3.8) is 0 Å². The molecule has 1 heterocycles. The molecule has 0 fully saturated rings. The molecule has 2 aromatic carbocycles. The number of hydrogen-bond acceptors (Lipinski definition) is 5. The van der Waals surface area contributed by atoms with E-state index in [-0.39, 0.29) is 41.1 Å². The zero-order valence-corrected chi connectivity index (χ0v) is 18.6. The van der Waals surface area contributed by atoms with Gasteiger partial charge in [-0.1, -0.05) is 71.7 Å². The van der Waals surface area contributed by atoms with Crippen molar-refractivity contribution < 1.29 is 19.7 Å². The van der Waals surface area contributed by atoms with E-state index in [0.717, 1.165) is 22.3 Å². The maximum atomic E-state index is 12.2. The number of rotatable bonds is 7. The molecular formula is C24H22Cl2N2O4. The maximum absolute atomic E-state index is 12.2. The minimum absolute atomic E-state index is 0.0310. The highest BCUT2D eigenvalue weighted by molar-refractivity contribution is 6.35. The van der Waals surface area contributed by atoms with Gasteiger partial charge in [-0.25, -0.2) is 4.79 Å². The van der Waals surface area contributed by atoms with Crippen LogP contribution in [-0.4, -0.2) is 40.5 Å². The quantitative estimate of drug-likeness (QED) is 0.462. The van der Waals surface area contributed by atoms with Crippen LogP contribution in [0.4, 0.5) is 4.79 Å². The number of alkyl carbamates (subject to hydrolysis) is 1. The van der Waals surface area contributed by atoms with E-state index in [1.54, 1.807) is 0 Å². The first-order valence-electron chi connectivity index (χ1n) is 10.2. The van der Waals surface area contributed by atoms with Crippen molar-refractivity contribution in [2.24, 2.45) is 0 Å². The number of aliphatic hydroxyl groups excluding tert-OH is 2. The van der Waals surface area contributed by atoms with Gasteiger partial charge in [0.15, 0.2) is 0 Å². The second kappa shape index (κ2) is 9.88. The topological polar surface area (TPSA) is 91.7 Å². The fourth-order valence-electron chi connectivity index (χ4n) is 4.03. The van der Waals surface area contributed by atoms with Gasteiger partial charge in [-0.3, -0.25) is 4.98 Å². The molecule has 1 aromatic heterocycles. The summed E-state index contributed by atoms with van der Waals surface area (Å²) in [5.41, 5.74) is 4.78. The highest BCUT2D eigenvalue weighted by Gasteiger charge is 2.29. The van der Waals surface area contributed by atoms with Crippen LogP contribution >= 0.6 is 23.2 Å². The van der Waals surface area contributed by atoms with Gasteiger partial charge in [0.25, 0.3) is 0 Å². The van der Waals surface area contributed by atoms with E-state index < -0.39 is 18.3 Å². The summed E-state index contributed by atoms with van der Waals surface area (Å²) in [4.78, 5) is 16.0. The van der Waals surface area contributed by atoms with Crippen LogP contribution in [0, 0.1) is 0 Å². The van der Waals surface area contributed by atoms with Crippen molar-refractivity contribution in [1.82, 2.24) is 10.3 Å². The van der Waals surface area contributed by atoms with Crippen LogP contribution < -0.4 is 5.32 Å². The molecule has 3 aromatic rings. The Morgan fingerprint density at radius 2 is 1.56 bits per heavy atom. The van der Waals surface area contributed by atoms with Crippen molar-refractivity contribution >= 4 is 29.3 Å². The van der Waals surface area contributed by atoms with E-state index >= 15 is 0 Å². The smallest absolute Gasteiger partial charge is 0.407 e. The third-order valence-electron chi connectivity index (χ3n) is 5.60. The molecule has 0 bridgehead atoms. The molecule has 1 amide bonds. The van der Waals surface area contributed by atoms with E-state index in [9.17, 15) is 15.0 Å². The van der Waals surface area contributed by atoms with Crippen LogP contribution in [0.15, 0.2) is 60.9 Å². The first-order valence-corrected chi connectivity index (χ1v) is 11.0. The number of benzene rings is 2. The Morgan fingerprint density at radius 3 is 2.16 bits per heavy atom. The lowest BCUT2D eigenvalue weighted by molar-refractivity contribution is 0.0137. The summed E-state index contributed by atoms with van der Waals surface area (Å²) in [6.45, 7) is 0.308. The minimum atomic E-state index is -1.30. The van der Waals surface area contributed by atoms with Gasteiger partial charge in [-0.05, 0) is 28.7 Å². The van der Waals surface area contributed by atoms with Crippen molar-refractivity contribution in [3.8, 4) is 11.1 Å². The number of amides is 1. The second-order valence-electron chi connectivity index (χ2n) is 7.57. The third kappa shape index (κ3) is 4.59. The Labute approximate surface area is 195 Å². The molecule has 166 valence electrons. The van der Waals surface area contributed by atoms with Crippen molar-refractivity contribution in [2.45, 2.75) is 24.5 Å². The van der Waals surface area contributed by atoms with Gasteiger partial charge in [0.05, 0.1) is 16.1 Å². The predicted octanol–water partition coefficient (Wildman–Crippen LogP) is 4.71. The van der Waals surface area contributed by atoms with Crippen LogP contribution in [0.2, 0.25) is 10.0 Å². The fraction of sp³-hybridized carbons (Fsp3) is 0.250. The maximum Gasteiger partial charge on any atom is 0.407 e. The molecule has 0 radical (unpaired) electrons. The molecule has 2 unspecified atom stereocenters. The number of nitrogens with one attached hydrogen (secondary N) is 1. The Kier molecular flexibility index (Phi) is 6.96. The summed E-state index contributed by atoms with van der Waals surface area (Å²) in [7, 11) is 0. The summed E-state index contributed by atoms with van der Waals surface area (Å²) in [5.74, 6) is -0.0310. The largest absolute Gasteiger partial charge is 0.449 e. The van der Waals surface area contributed by atoms with Gasteiger partial charge in [0.1, 0.15) is 12.7 Å². The Morgan fingerprint density at radius 1 is 1.00 bits per heavy atom. The average Bonchev–Trinajstić information content (AvgIpc) is 3.11. The predicted molar refractivity (Wildman–Crippen MR) is 123 cm³/mol. The first kappa shape index (κ1) is 22.6. The molecule has 2 atom stereocenters. The standard InChI is InChI=1S/C24H22Cl2N2O4/c25-19-11-27-12-20(26)22(19)23(30)21(29)9-10-28-24(31)32-13-18-16-7-3-1-5-14(16)15-6-2-4-8-17(15)18/h1-8,11-12,18,21,23,29-30H,9-10,13H2,(H,28,31). The number of halogens is 2. The summed E-state index contributed by atoms with van der Waals surface area (Å²) in [6, 6.07) is 16.2. The van der Waals surface area contributed by atoms with Gasteiger partial charge < -0.3 is 20.3 Å². The molecule has 0 spiro atoms. The summed E-state index contributed by atoms with van der Waals surface area (Å²) in [6.07, 6.45) is -0.307. The lowest BCUT2D eigenvalue weighted by atomic mass is 9.98. The highest BCUT2D eigenvalue weighted by atomic mass is 35.5. The molecule has 0 saturated heterocycles. The zero-order chi connectivity index (χ0) is 22.7. The van der Waals surface area contributed by atoms with Gasteiger partial charge in [-0.2, -0.15) is 0 Å². The summed E-state index contributed by atoms with van der Waals surface area (Å²) >= 11 is 12.0. The molecular weight excluding hydrogens is 451 g/mol. The molecule has 3 N–H and O–H groups in total. The number of carbonyl (C=O) groups is 1. The summed E-state index contributed by atoms with van der Waals surface area (Å²) in [5, 5.41) is 23.6. The first-order chi connectivity index (χ1) is 15.5. The SMILES string of the molecule is O=C(NCCC(O)C(O)c1c(Cl)cncc1Cl)OCC1c2ccccc2-c2ccccc21. The molecule has 32 heavy (non-hydrogen) atoms. The van der Waals surface area contributed by atoms with E-state index in [0.29, 0.717) is 0 Å². The normalized spacial score (nSPS) is 14.4. The van der Waals surface area contributed by atoms with E-state index in [1.165, 1.54) is 12.4 Å². The van der Waals surface area contributed by atoms with Crippen LogP contribution in [0.25, 0.3) is 11.1 Å². The summed E-state index contributed by atoms with van der Waals surface area (Å²) < 4.78 is 5.46. The van der Waals surface area contributed by atoms with E-state index in [2.05, 4.69) is 22.4 Å². The number of aliphatic hydroxyl groups is 2. The third-order valence-corrected chi connectivity index (χ3v) is 6.21. The molecule has 1 aliphatic carbocycles. The van der Waals surface area contributed by atoms with E-state index in [1.807, 2.05) is 36.4 Å². The lowest BCUT2D eigenvalue weighted by Crippen LogP contribution is -2.30. The van der Waals surface area contributed by atoms with Gasteiger partial charge >= 0.3 is 6.09 Å². The number of hydrogen-bond donors (Lipinski definition) is 3. The number of ether oxygens (including phenoxy) is 1. The molecule has 8 heteroatoms. The fourth-order valence-corrected chi connectivity index (χ4v) is 4.61. The highest BCUT2D eigenvalue weighted by Crippen LogP contribution is 2.44. The van der Waals surface area contributed by atoms with E-state index in [4.69, 9.17) is 27.9 Å². The van der Waals surface area contributed by atoms with Gasteiger partial charge in [-0.15, -0.1) is 0 Å². The van der Waals surface area contributed by atoms with Gasteiger partial charge in [0.2, 0.25) is 0 Å². The molecule has 0 aliphatic heterocycles. The monoisotopic (exact) mass is 472 g/mol. The minimum Gasteiger partial charge on any atom is -0.449 e. The number of carbonyl (C=O) groups excluding carboxylic acids is 1. The van der Waals surface area contributed by atoms with Crippen LogP contribution in [0.1, 0.15) is 35.1 Å². The number of nitrogens with zero attached hydrogens (tertiary/aromatic N) is 1. The molecule has 1 aliphatic rings. The average molecular weight is 473 g/mol. The lowest BCUT2D eigenvalue weighted by Gasteiger charge is -2.20. The Balaban J connectivity index is 1.30. The molecule has 4 rings (SSSR count). The van der Waals surface area contributed by atoms with Crippen LogP contribution in [0.3, 0.4) is 0 Å². The molecule has 6 nitrogen and oxygen atoms in total.